The maximum absolute atomic E-state index is 13.8. The fraction of sp³-hybridized carbons (Fsp3) is 0.429. The van der Waals surface area contributed by atoms with Crippen LogP contribution in [0.4, 0.5) is 13.2 Å². The zero-order valence-electron chi connectivity index (χ0n) is 16.8. The fourth-order valence-corrected chi connectivity index (χ4v) is 4.25. The van der Waals surface area contributed by atoms with Crippen molar-refractivity contribution in [3.63, 3.8) is 0 Å². The van der Waals surface area contributed by atoms with E-state index >= 15 is 0 Å². The molecule has 2 N–H and O–H groups in total. The highest BCUT2D eigenvalue weighted by atomic mass is 32.1. The molecule has 29 heavy (non-hydrogen) atoms. The molecule has 0 bridgehead atoms. The summed E-state index contributed by atoms with van der Waals surface area (Å²) in [6, 6.07) is 5.85. The van der Waals surface area contributed by atoms with Crippen LogP contribution in [0, 0.1) is 12.8 Å². The van der Waals surface area contributed by atoms with E-state index in [0.29, 0.717) is 29.4 Å². The number of aromatic nitrogens is 2. The normalized spacial score (nSPS) is 14.4. The van der Waals surface area contributed by atoms with Gasteiger partial charge in [0.15, 0.2) is 0 Å². The molecule has 0 saturated heterocycles. The van der Waals surface area contributed by atoms with E-state index in [-0.39, 0.29) is 12.4 Å². The van der Waals surface area contributed by atoms with Crippen LogP contribution in [0.5, 0.6) is 5.75 Å². The lowest BCUT2D eigenvalue weighted by molar-refractivity contribution is -0.139. The molecule has 2 aromatic heterocycles. The predicted octanol–water partition coefficient (Wildman–Crippen LogP) is 5.83. The summed E-state index contributed by atoms with van der Waals surface area (Å²) >= 11 is 1.43. The summed E-state index contributed by atoms with van der Waals surface area (Å²) in [6.45, 7) is 7.52. The Bertz CT molecular complexity index is 1010. The maximum atomic E-state index is 13.8. The molecule has 156 valence electrons. The van der Waals surface area contributed by atoms with Gasteiger partial charge in [0.25, 0.3) is 0 Å². The third-order valence-corrected chi connectivity index (χ3v) is 5.23. The predicted molar refractivity (Wildman–Crippen MR) is 110 cm³/mol. The first-order valence-electron chi connectivity index (χ1n) is 9.31. The van der Waals surface area contributed by atoms with Crippen LogP contribution in [0.3, 0.4) is 0 Å². The molecule has 0 fully saturated rings. The summed E-state index contributed by atoms with van der Waals surface area (Å²) in [7, 11) is 0. The Labute approximate surface area is 171 Å². The Balaban J connectivity index is 2.00. The quantitative estimate of drug-likeness (QED) is 0.542. The Morgan fingerprint density at radius 3 is 2.55 bits per heavy atom. The summed E-state index contributed by atoms with van der Waals surface area (Å²) in [4.78, 5) is 9.46. The van der Waals surface area contributed by atoms with Gasteiger partial charge in [-0.3, -0.25) is 0 Å². The lowest BCUT2D eigenvalue weighted by atomic mass is 9.93. The molecule has 1 aromatic carbocycles. The van der Waals surface area contributed by atoms with Gasteiger partial charge in [0, 0.05) is 16.5 Å². The Kier molecular flexibility index (Phi) is 5.87. The van der Waals surface area contributed by atoms with E-state index in [9.17, 15) is 13.2 Å². The number of fused-ring (bicyclic) bond motifs is 1. The van der Waals surface area contributed by atoms with Crippen molar-refractivity contribution in [2.24, 2.45) is 11.7 Å². The highest BCUT2D eigenvalue weighted by molar-refractivity contribution is 7.16. The molecular weight excluding hydrogens is 399 g/mol. The van der Waals surface area contributed by atoms with E-state index in [1.807, 2.05) is 25.3 Å². The average Bonchev–Trinajstić information content (AvgIpc) is 3.05. The zero-order chi connectivity index (χ0) is 21.4. The first kappa shape index (κ1) is 21.5. The van der Waals surface area contributed by atoms with Gasteiger partial charge in [0.1, 0.15) is 23.0 Å². The van der Waals surface area contributed by atoms with Crippen LogP contribution in [-0.2, 0) is 6.18 Å². The number of hydrogen-bond acceptors (Lipinski definition) is 5. The van der Waals surface area contributed by atoms with Gasteiger partial charge in [-0.15, -0.1) is 11.3 Å². The second-order valence-electron chi connectivity index (χ2n) is 8.01. The molecule has 0 amide bonds. The van der Waals surface area contributed by atoms with E-state index in [2.05, 4.69) is 9.97 Å². The Morgan fingerprint density at radius 2 is 1.90 bits per heavy atom. The van der Waals surface area contributed by atoms with Gasteiger partial charge < -0.3 is 10.5 Å². The summed E-state index contributed by atoms with van der Waals surface area (Å²) in [5.41, 5.74) is 5.49. The van der Waals surface area contributed by atoms with Gasteiger partial charge in [0.05, 0.1) is 11.3 Å². The van der Waals surface area contributed by atoms with E-state index in [4.69, 9.17) is 10.5 Å². The second-order valence-corrected chi connectivity index (χ2v) is 8.90. The van der Waals surface area contributed by atoms with Crippen molar-refractivity contribution in [3.05, 3.63) is 41.0 Å². The van der Waals surface area contributed by atoms with Gasteiger partial charge >= 0.3 is 6.18 Å². The van der Waals surface area contributed by atoms with Gasteiger partial charge in [-0.25, -0.2) is 9.97 Å². The Morgan fingerprint density at radius 1 is 1.17 bits per heavy atom. The van der Waals surface area contributed by atoms with E-state index in [0.717, 1.165) is 16.3 Å². The summed E-state index contributed by atoms with van der Waals surface area (Å²) < 4.78 is 46.8. The molecule has 1 atom stereocenters. The number of aryl methyl sites for hydroxylation is 1. The summed E-state index contributed by atoms with van der Waals surface area (Å²) in [5.74, 6) is 0.595. The number of nitrogens with two attached hydrogens (primary N) is 1. The molecule has 3 rings (SSSR count). The largest absolute Gasteiger partial charge is 0.491 e. The van der Waals surface area contributed by atoms with Crippen molar-refractivity contribution < 1.29 is 17.9 Å². The first-order chi connectivity index (χ1) is 13.5. The monoisotopic (exact) mass is 423 g/mol. The topological polar surface area (TPSA) is 61.0 Å². The standard InChI is InChI=1S/C21H24F3N3OS/c1-12(2)10-20(4,25)11-28-17-6-5-14(9-16(17)21(22,23)24)18-15-7-8-29-19(15)27-13(3)26-18/h5-9,12H,10-11,25H2,1-4H3. The molecule has 8 heteroatoms. The van der Waals surface area contributed by atoms with Crippen LogP contribution in [0.1, 0.15) is 38.6 Å². The number of benzene rings is 1. The summed E-state index contributed by atoms with van der Waals surface area (Å²) in [5, 5.41) is 2.58. The van der Waals surface area contributed by atoms with Crippen LogP contribution >= 0.6 is 11.3 Å². The molecule has 0 saturated carbocycles. The highest BCUT2D eigenvalue weighted by Gasteiger charge is 2.35. The highest BCUT2D eigenvalue weighted by Crippen LogP contribution is 2.40. The molecule has 0 aliphatic carbocycles. The van der Waals surface area contributed by atoms with Crippen LogP contribution in [0.2, 0.25) is 0 Å². The molecule has 0 spiro atoms. The first-order valence-corrected chi connectivity index (χ1v) is 10.2. The molecular formula is C21H24F3N3OS. The smallest absolute Gasteiger partial charge is 0.419 e. The minimum atomic E-state index is -4.57. The van der Waals surface area contributed by atoms with E-state index in [1.54, 1.807) is 19.9 Å². The third kappa shape index (κ3) is 5.05. The minimum absolute atomic E-state index is 0.00496. The minimum Gasteiger partial charge on any atom is -0.491 e. The maximum Gasteiger partial charge on any atom is 0.419 e. The number of halogens is 3. The average molecular weight is 424 g/mol. The van der Waals surface area contributed by atoms with Gasteiger partial charge in [-0.2, -0.15) is 13.2 Å². The molecule has 1 unspecified atom stereocenters. The van der Waals surface area contributed by atoms with Crippen LogP contribution in [0.25, 0.3) is 21.5 Å². The van der Waals surface area contributed by atoms with Crippen molar-refractivity contribution in [1.29, 1.82) is 0 Å². The van der Waals surface area contributed by atoms with Crippen LogP contribution in [0.15, 0.2) is 29.6 Å². The lowest BCUT2D eigenvalue weighted by Gasteiger charge is -2.27. The van der Waals surface area contributed by atoms with E-state index in [1.165, 1.54) is 17.4 Å². The number of thiophene rings is 1. The van der Waals surface area contributed by atoms with Crippen LogP contribution in [-0.4, -0.2) is 22.1 Å². The van der Waals surface area contributed by atoms with Crippen molar-refractivity contribution in [2.75, 3.05) is 6.61 Å². The van der Waals surface area contributed by atoms with Crippen molar-refractivity contribution in [1.82, 2.24) is 9.97 Å². The SMILES string of the molecule is Cc1nc(-c2ccc(OCC(C)(N)CC(C)C)c(C(F)(F)F)c2)c2ccsc2n1. The van der Waals surface area contributed by atoms with E-state index < -0.39 is 17.3 Å². The number of nitrogens with zero attached hydrogens (tertiary/aromatic N) is 2. The molecule has 4 nitrogen and oxygen atoms in total. The van der Waals surface area contributed by atoms with Crippen molar-refractivity contribution >= 4 is 21.6 Å². The molecule has 2 heterocycles. The van der Waals surface area contributed by atoms with Gasteiger partial charge in [0.2, 0.25) is 0 Å². The molecule has 3 aromatic rings. The fourth-order valence-electron chi connectivity index (χ4n) is 3.44. The third-order valence-electron chi connectivity index (χ3n) is 4.43. The Hall–Kier alpha value is -2.19. The number of hydrogen-bond donors (Lipinski definition) is 1. The van der Waals surface area contributed by atoms with Crippen LogP contribution < -0.4 is 10.5 Å². The lowest BCUT2D eigenvalue weighted by Crippen LogP contribution is -2.43. The summed E-state index contributed by atoms with van der Waals surface area (Å²) in [6.07, 6.45) is -3.92. The van der Waals surface area contributed by atoms with Gasteiger partial charge in [-0.1, -0.05) is 13.8 Å². The second kappa shape index (κ2) is 7.91. The zero-order valence-corrected chi connectivity index (χ0v) is 17.6. The van der Waals surface area contributed by atoms with Crippen molar-refractivity contribution in [3.8, 4) is 17.0 Å². The van der Waals surface area contributed by atoms with Crippen molar-refractivity contribution in [2.45, 2.75) is 45.8 Å². The number of alkyl halides is 3. The molecule has 0 aliphatic rings. The molecule has 0 aliphatic heterocycles. The number of rotatable bonds is 6. The van der Waals surface area contributed by atoms with Gasteiger partial charge in [-0.05, 0) is 55.8 Å². The molecule has 0 radical (unpaired) electrons. The number of ether oxygens (including phenoxy) is 1.